The molecule has 0 atom stereocenters. The molecular weight excluding hydrogens is 184 g/mol. The highest BCUT2D eigenvalue weighted by Crippen LogP contribution is 2.02. The quantitative estimate of drug-likeness (QED) is 0.555. The number of aliphatic carboxylic acids is 1. The summed E-state index contributed by atoms with van der Waals surface area (Å²) >= 11 is 0. The Morgan fingerprint density at radius 2 is 1.93 bits per heavy atom. The smallest absolute Gasteiger partial charge is 0.333 e. The van der Waals surface area contributed by atoms with E-state index in [-0.39, 0.29) is 5.97 Å². The zero-order chi connectivity index (χ0) is 11.6. The van der Waals surface area contributed by atoms with Crippen molar-refractivity contribution >= 4 is 11.9 Å². The predicted octanol–water partition coefficient (Wildman–Crippen LogP) is 1.77. The van der Waals surface area contributed by atoms with Crippen molar-refractivity contribution in [3.8, 4) is 0 Å². The fourth-order valence-corrected chi connectivity index (χ4v) is 0.548. The van der Waals surface area contributed by atoms with E-state index in [1.54, 1.807) is 0 Å². The third-order valence-corrected chi connectivity index (χ3v) is 1.20. The highest BCUT2D eigenvalue weighted by Gasteiger charge is 2.02. The maximum atomic E-state index is 10.6. The van der Waals surface area contributed by atoms with Crippen LogP contribution in [0.5, 0.6) is 0 Å². The zero-order valence-corrected chi connectivity index (χ0v) is 8.58. The number of carboxylic acid groups (broad SMARTS) is 1. The van der Waals surface area contributed by atoms with E-state index in [0.717, 1.165) is 18.9 Å². The molecule has 0 aromatic rings. The molecule has 4 heteroatoms. The SMILES string of the molecule is C=C(CCC)C(=O)OC.C=CC(=O)O. The minimum absolute atomic E-state index is 0.295. The predicted molar refractivity (Wildman–Crippen MR) is 53.9 cm³/mol. The van der Waals surface area contributed by atoms with Gasteiger partial charge in [-0.05, 0) is 6.42 Å². The Labute approximate surface area is 83.9 Å². The number of hydrogen-bond acceptors (Lipinski definition) is 3. The van der Waals surface area contributed by atoms with Gasteiger partial charge < -0.3 is 9.84 Å². The van der Waals surface area contributed by atoms with Crippen molar-refractivity contribution in [1.29, 1.82) is 0 Å². The second kappa shape index (κ2) is 9.51. The molecule has 0 spiro atoms. The Balaban J connectivity index is 0. The van der Waals surface area contributed by atoms with Gasteiger partial charge in [0.2, 0.25) is 0 Å². The van der Waals surface area contributed by atoms with Gasteiger partial charge in [0.05, 0.1) is 7.11 Å². The van der Waals surface area contributed by atoms with Crippen molar-refractivity contribution in [3.05, 3.63) is 24.8 Å². The second-order valence-electron chi connectivity index (χ2n) is 2.39. The van der Waals surface area contributed by atoms with Gasteiger partial charge in [-0.15, -0.1) is 0 Å². The summed E-state index contributed by atoms with van der Waals surface area (Å²) in [6.07, 6.45) is 2.50. The number of rotatable bonds is 4. The van der Waals surface area contributed by atoms with E-state index in [9.17, 15) is 9.59 Å². The van der Waals surface area contributed by atoms with Crippen molar-refractivity contribution < 1.29 is 19.4 Å². The molecule has 0 bridgehead atoms. The molecule has 0 heterocycles. The van der Waals surface area contributed by atoms with Crippen molar-refractivity contribution in [1.82, 2.24) is 0 Å². The van der Waals surface area contributed by atoms with Crippen LogP contribution in [0.3, 0.4) is 0 Å². The molecule has 0 aliphatic carbocycles. The first-order chi connectivity index (χ1) is 6.49. The summed E-state index contributed by atoms with van der Waals surface area (Å²) in [6.45, 7) is 8.50. The number of carbonyl (C=O) groups is 2. The molecule has 0 amide bonds. The number of ether oxygens (including phenoxy) is 1. The topological polar surface area (TPSA) is 63.6 Å². The van der Waals surface area contributed by atoms with Crippen LogP contribution in [0.15, 0.2) is 24.8 Å². The van der Waals surface area contributed by atoms with Gasteiger partial charge in [0.25, 0.3) is 0 Å². The van der Waals surface area contributed by atoms with Crippen LogP contribution in [0.2, 0.25) is 0 Å². The molecular formula is C10H16O4. The summed E-state index contributed by atoms with van der Waals surface area (Å²) < 4.78 is 4.43. The van der Waals surface area contributed by atoms with Crippen molar-refractivity contribution in [3.63, 3.8) is 0 Å². The average Bonchev–Trinajstić information content (AvgIpc) is 2.17. The van der Waals surface area contributed by atoms with E-state index in [4.69, 9.17) is 5.11 Å². The number of carboxylic acids is 1. The van der Waals surface area contributed by atoms with Crippen molar-refractivity contribution in [2.75, 3.05) is 7.11 Å². The Morgan fingerprint density at radius 3 is 2.14 bits per heavy atom. The number of hydrogen-bond donors (Lipinski definition) is 1. The van der Waals surface area contributed by atoms with Gasteiger partial charge in [-0.25, -0.2) is 9.59 Å². The molecule has 80 valence electrons. The molecule has 14 heavy (non-hydrogen) atoms. The second-order valence-corrected chi connectivity index (χ2v) is 2.39. The lowest BCUT2D eigenvalue weighted by Gasteiger charge is -1.98. The van der Waals surface area contributed by atoms with Gasteiger partial charge in [0.15, 0.2) is 0 Å². The molecule has 0 aromatic heterocycles. The average molecular weight is 200 g/mol. The Hall–Kier alpha value is -1.58. The molecule has 0 unspecified atom stereocenters. The first kappa shape index (κ1) is 14.9. The molecule has 0 saturated carbocycles. The van der Waals surface area contributed by atoms with Crippen LogP contribution in [0.1, 0.15) is 19.8 Å². The number of carbonyl (C=O) groups excluding carboxylic acids is 1. The molecule has 0 aromatic carbocycles. The van der Waals surface area contributed by atoms with Crippen LogP contribution in [0.4, 0.5) is 0 Å². The van der Waals surface area contributed by atoms with Gasteiger partial charge in [-0.2, -0.15) is 0 Å². The van der Waals surface area contributed by atoms with Crippen LogP contribution < -0.4 is 0 Å². The normalized spacial score (nSPS) is 7.86. The van der Waals surface area contributed by atoms with E-state index in [2.05, 4.69) is 17.9 Å². The van der Waals surface area contributed by atoms with Crippen LogP contribution in [-0.2, 0) is 14.3 Å². The van der Waals surface area contributed by atoms with Gasteiger partial charge in [-0.1, -0.05) is 26.5 Å². The van der Waals surface area contributed by atoms with Crippen molar-refractivity contribution in [2.24, 2.45) is 0 Å². The molecule has 0 radical (unpaired) electrons. The summed E-state index contributed by atoms with van der Waals surface area (Å²) in [5, 5.41) is 7.60. The zero-order valence-electron chi connectivity index (χ0n) is 8.58. The van der Waals surface area contributed by atoms with Gasteiger partial charge >= 0.3 is 11.9 Å². The maximum Gasteiger partial charge on any atom is 0.333 e. The number of methoxy groups -OCH3 is 1. The lowest BCUT2D eigenvalue weighted by molar-refractivity contribution is -0.136. The Morgan fingerprint density at radius 1 is 1.50 bits per heavy atom. The van der Waals surface area contributed by atoms with E-state index in [1.807, 2.05) is 6.92 Å². The lowest BCUT2D eigenvalue weighted by atomic mass is 10.2. The highest BCUT2D eigenvalue weighted by molar-refractivity contribution is 5.87. The van der Waals surface area contributed by atoms with E-state index in [0.29, 0.717) is 5.57 Å². The minimum Gasteiger partial charge on any atom is -0.478 e. The maximum absolute atomic E-state index is 10.6. The standard InChI is InChI=1S/C7H12O2.C3H4O2/c1-4-5-6(2)7(8)9-3;1-2-3(4)5/h2,4-5H2,1,3H3;2H,1H2,(H,4,5). The molecule has 0 aliphatic rings. The van der Waals surface area contributed by atoms with E-state index >= 15 is 0 Å². The van der Waals surface area contributed by atoms with E-state index in [1.165, 1.54) is 7.11 Å². The third kappa shape index (κ3) is 10.4. The Kier molecular flexibility index (Phi) is 10.1. The summed E-state index contributed by atoms with van der Waals surface area (Å²) in [4.78, 5) is 19.8. The van der Waals surface area contributed by atoms with Crippen LogP contribution in [-0.4, -0.2) is 24.2 Å². The van der Waals surface area contributed by atoms with Gasteiger partial charge in [0.1, 0.15) is 0 Å². The minimum atomic E-state index is -0.981. The Bertz CT molecular complexity index is 218. The largest absolute Gasteiger partial charge is 0.478 e. The highest BCUT2D eigenvalue weighted by atomic mass is 16.5. The van der Waals surface area contributed by atoms with Gasteiger partial charge in [-0.3, -0.25) is 0 Å². The van der Waals surface area contributed by atoms with Crippen LogP contribution >= 0.6 is 0 Å². The molecule has 0 fully saturated rings. The van der Waals surface area contributed by atoms with Crippen LogP contribution in [0.25, 0.3) is 0 Å². The summed E-state index contributed by atoms with van der Waals surface area (Å²) in [5.74, 6) is -1.28. The monoisotopic (exact) mass is 200 g/mol. The van der Waals surface area contributed by atoms with Crippen molar-refractivity contribution in [2.45, 2.75) is 19.8 Å². The van der Waals surface area contributed by atoms with Crippen LogP contribution in [0, 0.1) is 0 Å². The summed E-state index contributed by atoms with van der Waals surface area (Å²) in [6, 6.07) is 0. The fraction of sp³-hybridized carbons (Fsp3) is 0.400. The molecule has 4 nitrogen and oxygen atoms in total. The first-order valence-electron chi connectivity index (χ1n) is 4.11. The van der Waals surface area contributed by atoms with Gasteiger partial charge in [0, 0.05) is 11.6 Å². The molecule has 0 saturated heterocycles. The first-order valence-corrected chi connectivity index (χ1v) is 4.11. The lowest BCUT2D eigenvalue weighted by Crippen LogP contribution is -2.02. The van der Waals surface area contributed by atoms with E-state index < -0.39 is 5.97 Å². The molecule has 0 aliphatic heterocycles. The fourth-order valence-electron chi connectivity index (χ4n) is 0.548. The molecule has 1 N–H and O–H groups in total. The third-order valence-electron chi connectivity index (χ3n) is 1.20. The summed E-state index contributed by atoms with van der Waals surface area (Å²) in [5.41, 5.74) is 0.556. The molecule has 0 rings (SSSR count). The summed E-state index contributed by atoms with van der Waals surface area (Å²) in [7, 11) is 1.36. The number of esters is 1.